The molecule has 1 aromatic rings. The van der Waals surface area contributed by atoms with Gasteiger partial charge in [-0.3, -0.25) is 4.79 Å². The Morgan fingerprint density at radius 3 is 3.00 bits per heavy atom. The van der Waals surface area contributed by atoms with E-state index in [-0.39, 0.29) is 5.91 Å². The van der Waals surface area contributed by atoms with Gasteiger partial charge in [-0.15, -0.1) is 0 Å². The molecule has 0 spiro atoms. The Bertz CT molecular complexity index is 476. The van der Waals surface area contributed by atoms with E-state index in [4.69, 9.17) is 10.5 Å². The molecule has 5 heteroatoms. The molecule has 1 aliphatic heterocycles. The van der Waals surface area contributed by atoms with Crippen molar-refractivity contribution < 1.29 is 9.53 Å². The zero-order valence-electron chi connectivity index (χ0n) is 12.1. The van der Waals surface area contributed by atoms with Gasteiger partial charge in [0.05, 0.1) is 17.5 Å². The number of anilines is 2. The van der Waals surface area contributed by atoms with E-state index in [0.717, 1.165) is 31.7 Å². The van der Waals surface area contributed by atoms with E-state index in [0.29, 0.717) is 23.3 Å². The Hall–Kier alpha value is -1.75. The zero-order chi connectivity index (χ0) is 14.5. The minimum Gasteiger partial charge on any atom is -0.397 e. The van der Waals surface area contributed by atoms with Gasteiger partial charge < -0.3 is 21.1 Å². The largest absolute Gasteiger partial charge is 0.397 e. The van der Waals surface area contributed by atoms with Crippen LogP contribution in [-0.4, -0.2) is 32.2 Å². The average Bonchev–Trinajstić information content (AvgIpc) is 2.93. The summed E-state index contributed by atoms with van der Waals surface area (Å²) in [7, 11) is 1.62. The lowest BCUT2D eigenvalue weighted by Crippen LogP contribution is -2.23. The van der Waals surface area contributed by atoms with E-state index in [1.807, 2.05) is 0 Å². The molecule has 1 aliphatic rings. The van der Waals surface area contributed by atoms with E-state index < -0.39 is 0 Å². The number of nitrogen functional groups attached to an aromatic ring is 1. The topological polar surface area (TPSA) is 76.4 Å². The summed E-state index contributed by atoms with van der Waals surface area (Å²) in [4.78, 5) is 11.6. The molecule has 1 amide bonds. The highest BCUT2D eigenvalue weighted by Gasteiger charge is 2.26. The van der Waals surface area contributed by atoms with Crippen molar-refractivity contribution in [1.82, 2.24) is 5.32 Å². The molecule has 1 saturated heterocycles. The summed E-state index contributed by atoms with van der Waals surface area (Å²) in [5.74, 6) is 0.395. The number of amides is 1. The zero-order valence-corrected chi connectivity index (χ0v) is 12.1. The number of hydrogen-bond donors (Lipinski definition) is 3. The van der Waals surface area contributed by atoms with Gasteiger partial charge in [0.2, 0.25) is 0 Å². The molecule has 20 heavy (non-hydrogen) atoms. The van der Waals surface area contributed by atoms with Crippen LogP contribution in [0.15, 0.2) is 18.2 Å². The van der Waals surface area contributed by atoms with Crippen LogP contribution in [0, 0.1) is 5.92 Å². The van der Waals surface area contributed by atoms with Gasteiger partial charge in [-0.25, -0.2) is 0 Å². The molecule has 2 atom stereocenters. The third kappa shape index (κ3) is 3.22. The van der Waals surface area contributed by atoms with Crippen LogP contribution in [0.1, 0.15) is 30.1 Å². The van der Waals surface area contributed by atoms with Gasteiger partial charge in [0, 0.05) is 31.7 Å². The second-order valence-electron chi connectivity index (χ2n) is 5.13. The van der Waals surface area contributed by atoms with Gasteiger partial charge in [-0.1, -0.05) is 6.92 Å². The number of nitrogens with one attached hydrogen (secondary N) is 2. The summed E-state index contributed by atoms with van der Waals surface area (Å²) in [6.45, 7) is 3.79. The number of benzene rings is 1. The maximum atomic E-state index is 11.6. The lowest BCUT2D eigenvalue weighted by molar-refractivity contribution is 0.0900. The van der Waals surface area contributed by atoms with E-state index in [2.05, 4.69) is 17.6 Å². The van der Waals surface area contributed by atoms with E-state index in [9.17, 15) is 4.79 Å². The maximum absolute atomic E-state index is 11.6. The molecule has 2 unspecified atom stereocenters. The minimum atomic E-state index is -0.108. The molecule has 1 aromatic carbocycles. The van der Waals surface area contributed by atoms with Crippen LogP contribution < -0.4 is 16.4 Å². The lowest BCUT2D eigenvalue weighted by Gasteiger charge is -2.19. The van der Waals surface area contributed by atoms with Crippen molar-refractivity contribution in [2.24, 2.45) is 5.92 Å². The van der Waals surface area contributed by atoms with Crippen molar-refractivity contribution in [3.05, 3.63) is 23.8 Å². The summed E-state index contributed by atoms with van der Waals surface area (Å²) in [6, 6.07) is 5.28. The molecule has 110 valence electrons. The first kappa shape index (κ1) is 14.7. The summed E-state index contributed by atoms with van der Waals surface area (Å²) < 4.78 is 5.68. The highest BCUT2D eigenvalue weighted by atomic mass is 16.5. The summed E-state index contributed by atoms with van der Waals surface area (Å²) >= 11 is 0. The third-order valence-corrected chi connectivity index (χ3v) is 3.85. The second-order valence-corrected chi connectivity index (χ2v) is 5.13. The normalized spacial score (nSPS) is 21.7. The second kappa shape index (κ2) is 6.61. The van der Waals surface area contributed by atoms with Crippen molar-refractivity contribution in [1.29, 1.82) is 0 Å². The first-order valence-corrected chi connectivity index (χ1v) is 7.12. The highest BCUT2D eigenvalue weighted by Crippen LogP contribution is 2.26. The van der Waals surface area contributed by atoms with E-state index >= 15 is 0 Å². The predicted octanol–water partition coefficient (Wildman–Crippen LogP) is 1.86. The minimum absolute atomic E-state index is 0.108. The Morgan fingerprint density at radius 1 is 1.50 bits per heavy atom. The molecule has 0 radical (unpaired) electrons. The quantitative estimate of drug-likeness (QED) is 0.718. The van der Waals surface area contributed by atoms with Crippen LogP contribution in [0.5, 0.6) is 0 Å². The van der Waals surface area contributed by atoms with Crippen LogP contribution in [0.4, 0.5) is 11.4 Å². The molecule has 0 aliphatic carbocycles. The van der Waals surface area contributed by atoms with Crippen LogP contribution in [0.25, 0.3) is 0 Å². The number of carbonyl (C=O) groups excluding carboxylic acids is 1. The molecule has 0 saturated carbocycles. The van der Waals surface area contributed by atoms with E-state index in [1.54, 1.807) is 25.2 Å². The van der Waals surface area contributed by atoms with Gasteiger partial charge in [0.1, 0.15) is 0 Å². The predicted molar refractivity (Wildman–Crippen MR) is 80.9 cm³/mol. The standard InChI is InChI=1S/C15H23N3O2/c1-3-14-11(6-7-20-14)9-18-13-8-10(15(19)17-2)4-5-12(13)16/h4-5,8,11,14,18H,3,6-7,9,16H2,1-2H3,(H,17,19). The highest BCUT2D eigenvalue weighted by molar-refractivity contribution is 5.96. The molecular weight excluding hydrogens is 254 g/mol. The molecular formula is C15H23N3O2. The average molecular weight is 277 g/mol. The fraction of sp³-hybridized carbons (Fsp3) is 0.533. The summed E-state index contributed by atoms with van der Waals surface area (Å²) in [5, 5.41) is 5.97. The molecule has 1 fully saturated rings. The third-order valence-electron chi connectivity index (χ3n) is 3.85. The van der Waals surface area contributed by atoms with Crippen LogP contribution >= 0.6 is 0 Å². The fourth-order valence-corrected chi connectivity index (χ4v) is 2.61. The number of ether oxygens (including phenoxy) is 1. The monoisotopic (exact) mass is 277 g/mol. The van der Waals surface area contributed by atoms with Gasteiger partial charge in [0.15, 0.2) is 0 Å². The van der Waals surface area contributed by atoms with Crippen molar-refractivity contribution in [3.63, 3.8) is 0 Å². The first-order valence-electron chi connectivity index (χ1n) is 7.12. The van der Waals surface area contributed by atoms with Crippen molar-refractivity contribution in [2.45, 2.75) is 25.9 Å². The van der Waals surface area contributed by atoms with Crippen LogP contribution in [-0.2, 0) is 4.74 Å². The smallest absolute Gasteiger partial charge is 0.251 e. The molecule has 4 N–H and O–H groups in total. The van der Waals surface area contributed by atoms with Crippen LogP contribution in [0.3, 0.4) is 0 Å². The van der Waals surface area contributed by atoms with E-state index in [1.165, 1.54) is 0 Å². The molecule has 0 aromatic heterocycles. The molecule has 2 rings (SSSR count). The molecule has 5 nitrogen and oxygen atoms in total. The van der Waals surface area contributed by atoms with Gasteiger partial charge in [-0.05, 0) is 31.0 Å². The number of carbonyl (C=O) groups is 1. The number of hydrogen-bond acceptors (Lipinski definition) is 4. The van der Waals surface area contributed by atoms with Crippen molar-refractivity contribution >= 4 is 17.3 Å². The Labute approximate surface area is 119 Å². The summed E-state index contributed by atoms with van der Waals surface area (Å²) in [6.07, 6.45) is 2.42. The Kier molecular flexibility index (Phi) is 4.84. The lowest BCUT2D eigenvalue weighted by atomic mass is 9.99. The van der Waals surface area contributed by atoms with Gasteiger partial charge in [0.25, 0.3) is 5.91 Å². The number of rotatable bonds is 5. The Morgan fingerprint density at radius 2 is 2.30 bits per heavy atom. The SMILES string of the molecule is CCC1OCCC1CNc1cc(C(=O)NC)ccc1N. The maximum Gasteiger partial charge on any atom is 0.251 e. The van der Waals surface area contributed by atoms with Gasteiger partial charge in [-0.2, -0.15) is 0 Å². The summed E-state index contributed by atoms with van der Waals surface area (Å²) in [5.41, 5.74) is 8.04. The fourth-order valence-electron chi connectivity index (χ4n) is 2.61. The van der Waals surface area contributed by atoms with Crippen molar-refractivity contribution in [2.75, 3.05) is 31.2 Å². The van der Waals surface area contributed by atoms with Gasteiger partial charge >= 0.3 is 0 Å². The molecule has 0 bridgehead atoms. The van der Waals surface area contributed by atoms with Crippen LogP contribution in [0.2, 0.25) is 0 Å². The first-order chi connectivity index (χ1) is 9.65. The van der Waals surface area contributed by atoms with Crippen molar-refractivity contribution in [3.8, 4) is 0 Å². The number of nitrogens with two attached hydrogens (primary N) is 1. The Balaban J connectivity index is 2.03. The molecule has 1 heterocycles.